The summed E-state index contributed by atoms with van der Waals surface area (Å²) in [6.07, 6.45) is 2.20. The Morgan fingerprint density at radius 1 is 0.790 bits per heavy atom. The van der Waals surface area contributed by atoms with Crippen molar-refractivity contribution in [3.05, 3.63) is 65.7 Å². The summed E-state index contributed by atoms with van der Waals surface area (Å²) in [4.78, 5) is 38.6. The summed E-state index contributed by atoms with van der Waals surface area (Å²) in [7, 11) is -5.04. The molecule has 81 heavy (non-hydrogen) atoms. The molecule has 3 saturated heterocycles. The Balaban J connectivity index is 1.31. The zero-order chi connectivity index (χ0) is 59.1. The van der Waals surface area contributed by atoms with Crippen LogP contribution in [0.5, 0.6) is 17.6 Å². The predicted molar refractivity (Wildman–Crippen MR) is 314 cm³/mol. The fourth-order valence-corrected chi connectivity index (χ4v) is 24.3. The van der Waals surface area contributed by atoms with Crippen LogP contribution in [0.25, 0.3) is 32.9 Å². The number of ether oxygens (including phenoxy) is 3. The number of amides is 1. The first-order valence-corrected chi connectivity index (χ1v) is 33.5. The SMILES string of the molecule is CC(C)[Si](C#Cc1c(F)ccc2cc(O[Si](C(C)C)(C(C)C)C(C)C)cc(-c3ncc4c(N5CCCCCN5C(=O)OC(C)(C)C)nc(OCC56CCCN5C(COc5cc(C(F)(F)F)ncn5)CC6)nc4c3F)c12)(C(C)C)C(C)C. The number of alkyl halides is 3. The van der Waals surface area contributed by atoms with E-state index in [1.54, 1.807) is 37.9 Å². The maximum Gasteiger partial charge on any atom is 0.433 e. The van der Waals surface area contributed by atoms with Crippen LogP contribution in [0, 0.1) is 23.1 Å². The number of hydrogen-bond acceptors (Lipinski definition) is 12. The van der Waals surface area contributed by atoms with E-state index in [0.29, 0.717) is 67.4 Å². The maximum atomic E-state index is 18.7. The number of rotatable bonds is 16. The molecule has 5 aromatic rings. The van der Waals surface area contributed by atoms with E-state index in [1.807, 2.05) is 6.07 Å². The van der Waals surface area contributed by atoms with Crippen LogP contribution in [0.3, 0.4) is 0 Å². The molecule has 0 bridgehead atoms. The molecule has 2 aromatic carbocycles. The van der Waals surface area contributed by atoms with Crippen LogP contribution in [0.1, 0.15) is 160 Å². The highest BCUT2D eigenvalue weighted by atomic mass is 28.4. The topological polar surface area (TPSA) is 128 Å². The molecule has 2 atom stereocenters. The van der Waals surface area contributed by atoms with Gasteiger partial charge in [-0.2, -0.15) is 23.1 Å². The van der Waals surface area contributed by atoms with Gasteiger partial charge in [-0.25, -0.2) is 28.6 Å². The predicted octanol–water partition coefficient (Wildman–Crippen LogP) is 15.7. The number of hydrazine groups is 1. The Bertz CT molecular complexity index is 3120. The third-order valence-corrected chi connectivity index (χ3v) is 29.7. The number of nitrogens with zero attached hydrogens (tertiary/aromatic N) is 8. The molecular formula is C61H83F5N8O5Si2. The molecule has 1 amide bonds. The molecule has 0 radical (unpaired) electrons. The number of aromatic nitrogens is 5. The molecule has 6 heterocycles. The third-order valence-electron chi connectivity index (χ3n) is 17.5. The Morgan fingerprint density at radius 2 is 1.47 bits per heavy atom. The summed E-state index contributed by atoms with van der Waals surface area (Å²) >= 11 is 0. The van der Waals surface area contributed by atoms with Gasteiger partial charge in [0.25, 0.3) is 8.32 Å². The van der Waals surface area contributed by atoms with Crippen LogP contribution in [-0.2, 0) is 10.9 Å². The van der Waals surface area contributed by atoms with Gasteiger partial charge in [0, 0.05) is 42.3 Å². The second-order valence-corrected chi connectivity index (χ2v) is 36.4. The summed E-state index contributed by atoms with van der Waals surface area (Å²) in [5.41, 5.74) is 2.91. The molecule has 20 heteroatoms. The first kappa shape index (κ1) is 61.4. The van der Waals surface area contributed by atoms with Crippen LogP contribution in [0.4, 0.5) is 32.6 Å². The van der Waals surface area contributed by atoms with Gasteiger partial charge in [0.1, 0.15) is 56.0 Å². The van der Waals surface area contributed by atoms with Crippen molar-refractivity contribution >= 4 is 50.0 Å². The number of pyridine rings is 1. The van der Waals surface area contributed by atoms with Gasteiger partial charge in [-0.3, -0.25) is 14.9 Å². The van der Waals surface area contributed by atoms with Gasteiger partial charge in [-0.05, 0) is 129 Å². The maximum absolute atomic E-state index is 18.7. The average molecular weight is 1160 g/mol. The van der Waals surface area contributed by atoms with Crippen molar-refractivity contribution in [2.45, 2.75) is 205 Å². The molecule has 0 N–H and O–H groups in total. The molecule has 0 saturated carbocycles. The van der Waals surface area contributed by atoms with Crippen molar-refractivity contribution in [3.63, 3.8) is 0 Å². The minimum Gasteiger partial charge on any atom is -0.543 e. The van der Waals surface area contributed by atoms with Crippen molar-refractivity contribution in [1.29, 1.82) is 0 Å². The summed E-state index contributed by atoms with van der Waals surface area (Å²) in [5, 5.41) is 4.46. The Labute approximate surface area is 477 Å². The van der Waals surface area contributed by atoms with Gasteiger partial charge in [-0.1, -0.05) is 95.1 Å². The second kappa shape index (κ2) is 23.9. The lowest BCUT2D eigenvalue weighted by atomic mass is 9.95. The lowest BCUT2D eigenvalue weighted by Gasteiger charge is -2.42. The van der Waals surface area contributed by atoms with Gasteiger partial charge in [0.2, 0.25) is 5.88 Å². The highest BCUT2D eigenvalue weighted by Gasteiger charge is 2.51. The Kier molecular flexibility index (Phi) is 18.1. The largest absolute Gasteiger partial charge is 0.543 e. The van der Waals surface area contributed by atoms with Crippen LogP contribution in [0.15, 0.2) is 42.9 Å². The van der Waals surface area contributed by atoms with Gasteiger partial charge in [-0.15, -0.1) is 5.54 Å². The highest BCUT2D eigenvalue weighted by Crippen LogP contribution is 2.48. The molecule has 8 rings (SSSR count). The van der Waals surface area contributed by atoms with Gasteiger partial charge in [0.15, 0.2) is 17.3 Å². The van der Waals surface area contributed by atoms with Crippen molar-refractivity contribution < 1.29 is 45.4 Å². The van der Waals surface area contributed by atoms with E-state index in [2.05, 4.69) is 109 Å². The lowest BCUT2D eigenvalue weighted by Crippen LogP contribution is -2.50. The van der Waals surface area contributed by atoms with E-state index in [0.717, 1.165) is 31.7 Å². The normalized spacial score (nSPS) is 18.7. The molecule has 3 aliphatic rings. The Hall–Kier alpha value is -5.66. The summed E-state index contributed by atoms with van der Waals surface area (Å²) in [5.74, 6) is 2.62. The van der Waals surface area contributed by atoms with Crippen LogP contribution in [-0.4, -0.2) is 107 Å². The average Bonchev–Trinajstić information content (AvgIpc) is 4.04. The van der Waals surface area contributed by atoms with Crippen molar-refractivity contribution in [1.82, 2.24) is 34.8 Å². The number of benzene rings is 2. The molecular weight excluding hydrogens is 1080 g/mol. The molecule has 0 aliphatic carbocycles. The second-order valence-electron chi connectivity index (χ2n) is 25.4. The van der Waals surface area contributed by atoms with Gasteiger partial charge < -0.3 is 18.6 Å². The van der Waals surface area contributed by atoms with Crippen molar-refractivity contribution in [2.75, 3.05) is 37.9 Å². The minimum atomic E-state index is -4.65. The molecule has 440 valence electrons. The first-order valence-electron chi connectivity index (χ1n) is 29.1. The monoisotopic (exact) mass is 1160 g/mol. The van der Waals surface area contributed by atoms with Crippen molar-refractivity contribution in [2.24, 2.45) is 0 Å². The van der Waals surface area contributed by atoms with Gasteiger partial charge in [0.05, 0.1) is 16.5 Å². The first-order chi connectivity index (χ1) is 38.0. The smallest absolute Gasteiger partial charge is 0.433 e. The number of halogens is 5. The number of fused-ring (bicyclic) bond motifs is 3. The van der Waals surface area contributed by atoms with Crippen LogP contribution in [0.2, 0.25) is 33.2 Å². The fraction of sp³-hybridized carbons (Fsp3) is 0.607. The third kappa shape index (κ3) is 12.2. The van der Waals surface area contributed by atoms with E-state index in [9.17, 15) is 18.0 Å². The quantitative estimate of drug-likeness (QED) is 0.0530. The number of carbonyl (C=O) groups excluding carboxylic acids is 1. The fourth-order valence-electron chi connectivity index (χ4n) is 13.8. The standard InChI is InChI=1S/C61H83F5N8O5Si2/c1-37(2)80(38(3)4,39(5)6)29-23-46-49(62)21-20-43-30-45(79-81(40(7)8,41(9)10)42(11)12)31-47(52(43)46)54-53(63)55-48(33-67-54)56(73-27-17-16-18-28-74(73)58(75)78-59(13,14)15)71-57(70-55)77-35-60-24-19-26-72(60)44(22-25-60)34-76-51-32-50(61(64,65)66)68-36-69-51/h20-21,30-33,36-42,44H,16-19,22,24-28,34-35H2,1-15H3. The summed E-state index contributed by atoms with van der Waals surface area (Å²) in [6.45, 7) is 33.3. The van der Waals surface area contributed by atoms with Crippen molar-refractivity contribution in [3.8, 4) is 40.4 Å². The molecule has 2 unspecified atom stereocenters. The van der Waals surface area contributed by atoms with E-state index >= 15 is 8.78 Å². The molecule has 0 spiro atoms. The molecule has 3 aromatic heterocycles. The van der Waals surface area contributed by atoms with E-state index < -0.39 is 57.1 Å². The molecule has 13 nitrogen and oxygen atoms in total. The van der Waals surface area contributed by atoms with Gasteiger partial charge >= 0.3 is 18.3 Å². The zero-order valence-electron chi connectivity index (χ0n) is 50.1. The zero-order valence-corrected chi connectivity index (χ0v) is 52.1. The lowest BCUT2D eigenvalue weighted by molar-refractivity contribution is -0.141. The minimum absolute atomic E-state index is 0.0901. The van der Waals surface area contributed by atoms with E-state index in [1.165, 1.54) is 17.3 Å². The highest BCUT2D eigenvalue weighted by molar-refractivity contribution is 6.90. The van der Waals surface area contributed by atoms with Crippen LogP contribution >= 0.6 is 0 Å². The number of carbonyl (C=O) groups is 1. The summed E-state index contributed by atoms with van der Waals surface area (Å²) < 4.78 is 102. The molecule has 3 fully saturated rings. The number of anilines is 1. The number of hydrogen-bond donors (Lipinski definition) is 0. The molecule has 3 aliphatic heterocycles. The van der Waals surface area contributed by atoms with Crippen LogP contribution < -0.4 is 18.9 Å². The van der Waals surface area contributed by atoms with E-state index in [4.69, 9.17) is 33.6 Å². The Morgan fingerprint density at radius 3 is 2.11 bits per heavy atom. The van der Waals surface area contributed by atoms with E-state index in [-0.39, 0.29) is 92.4 Å². The summed E-state index contributed by atoms with van der Waals surface area (Å²) in [6, 6.07) is 7.36.